The summed E-state index contributed by atoms with van der Waals surface area (Å²) in [5.74, 6) is 0.297. The molecule has 4 rings (SSSR count). The van der Waals surface area contributed by atoms with Gasteiger partial charge in [0.15, 0.2) is 6.23 Å². The number of halogens is 2. The lowest BCUT2D eigenvalue weighted by atomic mass is 10.1. The third kappa shape index (κ3) is 2.91. The number of rotatable bonds is 3. The number of nitrogens with two attached hydrogens (primary N) is 1. The van der Waals surface area contributed by atoms with E-state index in [1.165, 1.54) is 6.33 Å². The molecule has 0 spiro atoms. The minimum atomic E-state index is -0.783. The van der Waals surface area contributed by atoms with E-state index in [0.29, 0.717) is 33.3 Å². The molecule has 2 aromatic heterocycles. The minimum absolute atomic E-state index is 0.166. The Hall–Kier alpha value is -1.90. The van der Waals surface area contributed by atoms with Gasteiger partial charge < -0.3 is 25.3 Å². The van der Waals surface area contributed by atoms with Crippen molar-refractivity contribution in [1.82, 2.24) is 14.5 Å². The molecule has 136 valence electrons. The van der Waals surface area contributed by atoms with E-state index < -0.39 is 18.4 Å². The fourth-order valence-electron chi connectivity index (χ4n) is 3.33. The molecule has 0 amide bonds. The molecule has 1 aliphatic heterocycles. The number of aliphatic hydroxyl groups is 2. The second kappa shape index (κ2) is 6.68. The zero-order valence-corrected chi connectivity index (χ0v) is 15.0. The molecule has 4 N–H and O–H groups in total. The van der Waals surface area contributed by atoms with Crippen molar-refractivity contribution in [2.75, 3.05) is 12.3 Å². The minimum Gasteiger partial charge on any atom is -0.394 e. The normalized spacial score (nSPS) is 23.0. The molecule has 1 saturated heterocycles. The van der Waals surface area contributed by atoms with Crippen LogP contribution in [0.15, 0.2) is 30.7 Å². The largest absolute Gasteiger partial charge is 0.394 e. The molecular formula is C17H16Cl2N4O3. The van der Waals surface area contributed by atoms with Gasteiger partial charge in [0.25, 0.3) is 0 Å². The van der Waals surface area contributed by atoms with Gasteiger partial charge in [-0.05, 0) is 23.8 Å². The first kappa shape index (κ1) is 17.5. The van der Waals surface area contributed by atoms with Crippen LogP contribution in [-0.2, 0) is 4.74 Å². The van der Waals surface area contributed by atoms with Crippen LogP contribution in [0.25, 0.3) is 22.2 Å². The number of hydrogen-bond acceptors (Lipinski definition) is 6. The molecular weight excluding hydrogens is 379 g/mol. The molecule has 3 atom stereocenters. The highest BCUT2D eigenvalue weighted by Gasteiger charge is 2.36. The van der Waals surface area contributed by atoms with Crippen molar-refractivity contribution in [3.63, 3.8) is 0 Å². The van der Waals surface area contributed by atoms with Crippen molar-refractivity contribution in [3.05, 3.63) is 40.8 Å². The quantitative estimate of drug-likeness (QED) is 0.630. The van der Waals surface area contributed by atoms with Crippen LogP contribution in [0.4, 0.5) is 5.82 Å². The van der Waals surface area contributed by atoms with Gasteiger partial charge in [-0.3, -0.25) is 0 Å². The zero-order chi connectivity index (χ0) is 18.4. The van der Waals surface area contributed by atoms with Gasteiger partial charge in [0.05, 0.1) is 18.1 Å². The summed E-state index contributed by atoms with van der Waals surface area (Å²) in [5.41, 5.74) is 8.09. The summed E-state index contributed by atoms with van der Waals surface area (Å²) < 4.78 is 7.47. The van der Waals surface area contributed by atoms with E-state index in [0.717, 1.165) is 11.1 Å². The van der Waals surface area contributed by atoms with E-state index in [9.17, 15) is 10.2 Å². The Morgan fingerprint density at radius 3 is 2.62 bits per heavy atom. The van der Waals surface area contributed by atoms with Crippen molar-refractivity contribution in [1.29, 1.82) is 0 Å². The van der Waals surface area contributed by atoms with E-state index >= 15 is 0 Å². The number of hydrogen-bond donors (Lipinski definition) is 3. The summed E-state index contributed by atoms with van der Waals surface area (Å²) in [6.45, 7) is -0.166. The maximum absolute atomic E-state index is 10.4. The zero-order valence-electron chi connectivity index (χ0n) is 13.5. The van der Waals surface area contributed by atoms with Crippen LogP contribution in [0.3, 0.4) is 0 Å². The molecule has 7 nitrogen and oxygen atoms in total. The van der Waals surface area contributed by atoms with E-state index in [1.807, 2.05) is 0 Å². The predicted molar refractivity (Wildman–Crippen MR) is 99.0 cm³/mol. The summed E-state index contributed by atoms with van der Waals surface area (Å²) in [5, 5.41) is 21.3. The van der Waals surface area contributed by atoms with E-state index in [4.69, 9.17) is 33.7 Å². The fraction of sp³-hybridized carbons (Fsp3) is 0.294. The molecule has 0 radical (unpaired) electrons. The summed E-state index contributed by atoms with van der Waals surface area (Å²) in [4.78, 5) is 8.39. The molecule has 1 fully saturated rings. The Morgan fingerprint density at radius 1 is 1.23 bits per heavy atom. The Kier molecular flexibility index (Phi) is 4.50. The molecule has 0 aliphatic carbocycles. The van der Waals surface area contributed by atoms with Crippen molar-refractivity contribution < 1.29 is 14.9 Å². The summed E-state index contributed by atoms with van der Waals surface area (Å²) >= 11 is 12.3. The van der Waals surface area contributed by atoms with Crippen molar-refractivity contribution in [2.24, 2.45) is 0 Å². The van der Waals surface area contributed by atoms with Crippen molar-refractivity contribution >= 4 is 40.1 Å². The predicted octanol–water partition coefficient (Wildman–Crippen LogP) is 2.63. The summed E-state index contributed by atoms with van der Waals surface area (Å²) in [7, 11) is 0. The Labute approximate surface area is 158 Å². The first-order chi connectivity index (χ1) is 12.5. The van der Waals surface area contributed by atoms with Crippen LogP contribution in [-0.4, -0.2) is 43.6 Å². The molecule has 1 aliphatic rings. The number of aliphatic hydroxyl groups excluding tert-OH is 2. The second-order valence-corrected chi connectivity index (χ2v) is 7.07. The van der Waals surface area contributed by atoms with Crippen molar-refractivity contribution in [3.8, 4) is 11.1 Å². The molecule has 0 unspecified atom stereocenters. The lowest BCUT2D eigenvalue weighted by Crippen LogP contribution is -2.19. The van der Waals surface area contributed by atoms with Gasteiger partial charge in [-0.25, -0.2) is 9.97 Å². The van der Waals surface area contributed by atoms with E-state index in [-0.39, 0.29) is 6.61 Å². The average molecular weight is 395 g/mol. The van der Waals surface area contributed by atoms with Gasteiger partial charge in [-0.2, -0.15) is 0 Å². The SMILES string of the molecule is Nc1ncnc2c1c(-c1cc(Cl)cc(Cl)c1)cn2[C@@H]1O[C@H](CO)C[C@H]1O. The van der Waals surface area contributed by atoms with Gasteiger partial charge in [0, 0.05) is 28.2 Å². The highest BCUT2D eigenvalue weighted by molar-refractivity contribution is 6.35. The number of fused-ring (bicyclic) bond motifs is 1. The number of anilines is 1. The molecule has 26 heavy (non-hydrogen) atoms. The number of benzene rings is 1. The topological polar surface area (TPSA) is 106 Å². The number of nitrogen functional groups attached to an aromatic ring is 1. The second-order valence-electron chi connectivity index (χ2n) is 6.20. The summed E-state index contributed by atoms with van der Waals surface area (Å²) in [6.07, 6.45) is 1.57. The highest BCUT2D eigenvalue weighted by Crippen LogP contribution is 2.39. The van der Waals surface area contributed by atoms with Crippen LogP contribution in [0.2, 0.25) is 10.0 Å². The van der Waals surface area contributed by atoms with Gasteiger partial charge >= 0.3 is 0 Å². The Bertz CT molecular complexity index is 958. The molecule has 9 heteroatoms. The number of aromatic nitrogens is 3. The maximum Gasteiger partial charge on any atom is 0.161 e. The number of ether oxygens (including phenoxy) is 1. The summed E-state index contributed by atoms with van der Waals surface area (Å²) in [6, 6.07) is 5.17. The molecule has 0 saturated carbocycles. The van der Waals surface area contributed by atoms with Crippen LogP contribution in [0, 0.1) is 0 Å². The van der Waals surface area contributed by atoms with Crippen molar-refractivity contribution in [2.45, 2.75) is 24.9 Å². The van der Waals surface area contributed by atoms with Gasteiger partial charge in [-0.15, -0.1) is 0 Å². The average Bonchev–Trinajstić information content (AvgIpc) is 3.15. The van der Waals surface area contributed by atoms with Crippen LogP contribution in [0.1, 0.15) is 12.6 Å². The lowest BCUT2D eigenvalue weighted by Gasteiger charge is -2.17. The Balaban J connectivity index is 1.92. The lowest BCUT2D eigenvalue weighted by molar-refractivity contribution is -0.0483. The van der Waals surface area contributed by atoms with Gasteiger partial charge in [0.1, 0.15) is 23.9 Å². The highest BCUT2D eigenvalue weighted by atomic mass is 35.5. The van der Waals surface area contributed by atoms with Gasteiger partial charge in [0.2, 0.25) is 0 Å². The molecule has 3 aromatic rings. The number of nitrogens with zero attached hydrogens (tertiary/aromatic N) is 3. The monoisotopic (exact) mass is 394 g/mol. The molecule has 1 aromatic carbocycles. The molecule has 0 bridgehead atoms. The first-order valence-electron chi connectivity index (χ1n) is 7.99. The van der Waals surface area contributed by atoms with Crippen LogP contribution < -0.4 is 5.73 Å². The van der Waals surface area contributed by atoms with Crippen LogP contribution in [0.5, 0.6) is 0 Å². The van der Waals surface area contributed by atoms with E-state index in [2.05, 4.69) is 9.97 Å². The first-order valence-corrected chi connectivity index (χ1v) is 8.75. The standard InChI is InChI=1S/C17H16Cl2N4O3/c18-9-1-8(2-10(19)3-9)12-5-23(16-14(12)15(20)21-7-22-16)17-13(25)4-11(6-24)26-17/h1-3,5,7,11,13,17,24-25H,4,6H2,(H2,20,21,22)/t11-,13+,17+/m0/s1. The van der Waals surface area contributed by atoms with Crippen LogP contribution >= 0.6 is 23.2 Å². The Morgan fingerprint density at radius 2 is 1.96 bits per heavy atom. The van der Waals surface area contributed by atoms with Gasteiger partial charge in [-0.1, -0.05) is 23.2 Å². The fourth-order valence-corrected chi connectivity index (χ4v) is 3.85. The van der Waals surface area contributed by atoms with E-state index in [1.54, 1.807) is 29.0 Å². The maximum atomic E-state index is 10.4. The third-order valence-electron chi connectivity index (χ3n) is 4.46. The third-order valence-corrected chi connectivity index (χ3v) is 4.89. The smallest absolute Gasteiger partial charge is 0.161 e. The molecule has 3 heterocycles.